The summed E-state index contributed by atoms with van der Waals surface area (Å²) in [5.41, 5.74) is 0.276. The van der Waals surface area contributed by atoms with Crippen LogP contribution in [0.1, 0.15) is 33.6 Å². The third-order valence-corrected chi connectivity index (χ3v) is 2.41. The summed E-state index contributed by atoms with van der Waals surface area (Å²) >= 11 is 0. The topological polar surface area (TPSA) is 21.3 Å². The normalized spacial score (nSPS) is 25.9. The molecule has 0 radical (unpaired) electrons. The van der Waals surface area contributed by atoms with Gasteiger partial charge in [0.2, 0.25) is 0 Å². The molecule has 0 aliphatic carbocycles. The molecule has 1 rings (SSSR count). The van der Waals surface area contributed by atoms with Gasteiger partial charge in [0.25, 0.3) is 0 Å². The maximum absolute atomic E-state index is 5.28. The van der Waals surface area contributed by atoms with Gasteiger partial charge in [-0.15, -0.1) is 0 Å². The number of hydrogen-bond donors (Lipinski definition) is 1. The fraction of sp³-hybridized carbons (Fsp3) is 1.00. The molecule has 1 atom stereocenters. The molecule has 0 bridgehead atoms. The van der Waals surface area contributed by atoms with Gasteiger partial charge in [0.05, 0.1) is 6.61 Å². The van der Waals surface area contributed by atoms with Crippen LogP contribution in [0.3, 0.4) is 0 Å². The molecule has 1 N–H and O–H groups in total. The lowest BCUT2D eigenvalue weighted by atomic mass is 10.0. The van der Waals surface area contributed by atoms with Crippen LogP contribution in [0, 0.1) is 0 Å². The first-order valence-electron chi connectivity index (χ1n) is 4.49. The maximum atomic E-state index is 5.28. The van der Waals surface area contributed by atoms with Gasteiger partial charge in [-0.25, -0.2) is 0 Å². The summed E-state index contributed by atoms with van der Waals surface area (Å²) in [4.78, 5) is 0. The van der Waals surface area contributed by atoms with Crippen LogP contribution in [0.5, 0.6) is 0 Å². The minimum atomic E-state index is 0.276. The van der Waals surface area contributed by atoms with Gasteiger partial charge in [0.1, 0.15) is 0 Å². The number of rotatable bonds is 3. The monoisotopic (exact) mass is 157 g/mol. The van der Waals surface area contributed by atoms with Gasteiger partial charge in [-0.2, -0.15) is 0 Å². The molecule has 0 aromatic heterocycles. The Hall–Kier alpha value is -0.0800. The van der Waals surface area contributed by atoms with E-state index in [0.717, 1.165) is 13.2 Å². The zero-order chi connectivity index (χ0) is 8.32. The van der Waals surface area contributed by atoms with E-state index in [1.165, 1.54) is 12.8 Å². The lowest BCUT2D eigenvalue weighted by Gasteiger charge is -2.28. The van der Waals surface area contributed by atoms with Gasteiger partial charge in [-0.05, 0) is 26.7 Å². The van der Waals surface area contributed by atoms with Gasteiger partial charge in [0.15, 0.2) is 0 Å². The Kier molecular flexibility index (Phi) is 2.90. The molecular formula is C9H19NO. The second kappa shape index (κ2) is 3.55. The summed E-state index contributed by atoms with van der Waals surface area (Å²) in [5.74, 6) is 0. The largest absolute Gasteiger partial charge is 0.380 e. The highest BCUT2D eigenvalue weighted by molar-refractivity contribution is 4.82. The number of hydrogen-bond acceptors (Lipinski definition) is 2. The van der Waals surface area contributed by atoms with Crippen molar-refractivity contribution in [3.63, 3.8) is 0 Å². The molecule has 1 aliphatic rings. The minimum Gasteiger partial charge on any atom is -0.380 e. The van der Waals surface area contributed by atoms with E-state index in [-0.39, 0.29) is 5.54 Å². The van der Waals surface area contributed by atoms with Crippen LogP contribution >= 0.6 is 0 Å². The third kappa shape index (κ3) is 2.80. The quantitative estimate of drug-likeness (QED) is 0.671. The van der Waals surface area contributed by atoms with E-state index in [0.29, 0.717) is 6.04 Å². The molecule has 0 aromatic carbocycles. The highest BCUT2D eigenvalue weighted by atomic mass is 16.5. The van der Waals surface area contributed by atoms with Gasteiger partial charge in [-0.1, -0.05) is 6.92 Å². The Balaban J connectivity index is 2.28. The van der Waals surface area contributed by atoms with Crippen molar-refractivity contribution in [3.8, 4) is 0 Å². The molecule has 1 fully saturated rings. The van der Waals surface area contributed by atoms with Crippen LogP contribution in [0.15, 0.2) is 0 Å². The molecule has 2 nitrogen and oxygen atoms in total. The molecule has 1 saturated heterocycles. The van der Waals surface area contributed by atoms with Crippen molar-refractivity contribution in [2.75, 3.05) is 13.2 Å². The molecule has 66 valence electrons. The SMILES string of the molecule is CCC(C)(C)NC1CCOC1. The first-order valence-corrected chi connectivity index (χ1v) is 4.49. The van der Waals surface area contributed by atoms with Crippen molar-refractivity contribution in [1.29, 1.82) is 0 Å². The zero-order valence-corrected chi connectivity index (χ0v) is 7.81. The zero-order valence-electron chi connectivity index (χ0n) is 7.81. The van der Waals surface area contributed by atoms with Crippen molar-refractivity contribution in [2.24, 2.45) is 0 Å². The van der Waals surface area contributed by atoms with E-state index in [1.807, 2.05) is 0 Å². The summed E-state index contributed by atoms with van der Waals surface area (Å²) in [7, 11) is 0. The summed E-state index contributed by atoms with van der Waals surface area (Å²) in [5, 5.41) is 3.58. The van der Waals surface area contributed by atoms with E-state index in [2.05, 4.69) is 26.1 Å². The fourth-order valence-electron chi connectivity index (χ4n) is 1.30. The molecule has 0 saturated carbocycles. The van der Waals surface area contributed by atoms with E-state index in [9.17, 15) is 0 Å². The van der Waals surface area contributed by atoms with Gasteiger partial charge < -0.3 is 10.1 Å². The Morgan fingerprint density at radius 3 is 2.73 bits per heavy atom. The first kappa shape index (κ1) is 9.01. The molecule has 1 unspecified atom stereocenters. The van der Waals surface area contributed by atoms with Crippen LogP contribution in [-0.2, 0) is 4.74 Å². The second-order valence-corrected chi connectivity index (χ2v) is 3.94. The summed E-state index contributed by atoms with van der Waals surface area (Å²) in [6, 6.07) is 0.588. The van der Waals surface area contributed by atoms with Crippen LogP contribution in [0.4, 0.5) is 0 Å². The average molecular weight is 157 g/mol. The van der Waals surface area contributed by atoms with E-state index in [4.69, 9.17) is 4.74 Å². The molecular weight excluding hydrogens is 138 g/mol. The van der Waals surface area contributed by atoms with Crippen molar-refractivity contribution < 1.29 is 4.74 Å². The smallest absolute Gasteiger partial charge is 0.0620 e. The Morgan fingerprint density at radius 1 is 1.55 bits per heavy atom. The number of nitrogens with one attached hydrogen (secondary N) is 1. The lowest BCUT2D eigenvalue weighted by molar-refractivity contribution is 0.183. The molecule has 0 spiro atoms. The van der Waals surface area contributed by atoms with Crippen molar-refractivity contribution in [2.45, 2.75) is 45.2 Å². The van der Waals surface area contributed by atoms with Crippen molar-refractivity contribution >= 4 is 0 Å². The molecule has 0 amide bonds. The van der Waals surface area contributed by atoms with Crippen molar-refractivity contribution in [1.82, 2.24) is 5.32 Å². The summed E-state index contributed by atoms with van der Waals surface area (Å²) in [6.07, 6.45) is 2.34. The predicted octanol–water partition coefficient (Wildman–Crippen LogP) is 1.55. The highest BCUT2D eigenvalue weighted by Gasteiger charge is 2.22. The molecule has 1 heterocycles. The molecule has 0 aromatic rings. The van der Waals surface area contributed by atoms with Crippen LogP contribution in [-0.4, -0.2) is 24.8 Å². The van der Waals surface area contributed by atoms with Crippen LogP contribution in [0.25, 0.3) is 0 Å². The Morgan fingerprint density at radius 2 is 2.27 bits per heavy atom. The fourth-order valence-corrected chi connectivity index (χ4v) is 1.30. The van der Waals surface area contributed by atoms with Gasteiger partial charge in [-0.3, -0.25) is 0 Å². The van der Waals surface area contributed by atoms with Crippen LogP contribution in [0.2, 0.25) is 0 Å². The minimum absolute atomic E-state index is 0.276. The van der Waals surface area contributed by atoms with Gasteiger partial charge >= 0.3 is 0 Å². The summed E-state index contributed by atoms with van der Waals surface area (Å²) in [6.45, 7) is 8.51. The lowest BCUT2D eigenvalue weighted by Crippen LogP contribution is -2.45. The predicted molar refractivity (Wildman–Crippen MR) is 46.7 cm³/mol. The second-order valence-electron chi connectivity index (χ2n) is 3.94. The Bertz CT molecular complexity index is 117. The maximum Gasteiger partial charge on any atom is 0.0620 e. The van der Waals surface area contributed by atoms with E-state index >= 15 is 0 Å². The van der Waals surface area contributed by atoms with E-state index in [1.54, 1.807) is 0 Å². The Labute approximate surface area is 69.3 Å². The molecule has 11 heavy (non-hydrogen) atoms. The summed E-state index contributed by atoms with van der Waals surface area (Å²) < 4.78 is 5.28. The van der Waals surface area contributed by atoms with Crippen molar-refractivity contribution in [3.05, 3.63) is 0 Å². The number of ether oxygens (including phenoxy) is 1. The van der Waals surface area contributed by atoms with Crippen LogP contribution < -0.4 is 5.32 Å². The first-order chi connectivity index (χ1) is 5.14. The van der Waals surface area contributed by atoms with E-state index < -0.39 is 0 Å². The molecule has 1 aliphatic heterocycles. The average Bonchev–Trinajstić information content (AvgIpc) is 2.39. The molecule has 2 heteroatoms. The highest BCUT2D eigenvalue weighted by Crippen LogP contribution is 2.12. The standard InChI is InChI=1S/C9H19NO/c1-4-9(2,3)10-8-5-6-11-7-8/h8,10H,4-7H2,1-3H3. The third-order valence-electron chi connectivity index (χ3n) is 2.41. The van der Waals surface area contributed by atoms with Gasteiger partial charge in [0, 0.05) is 18.2 Å².